The van der Waals surface area contributed by atoms with E-state index in [-0.39, 0.29) is 17.4 Å². The molecule has 7 nitrogen and oxygen atoms in total. The van der Waals surface area contributed by atoms with Crippen LogP contribution in [0.15, 0.2) is 72.4 Å². The first kappa shape index (κ1) is 22.7. The SMILES string of the molecule is O=C(/C(=C/c1ccc(F)cc1)c1cccs1)N1CCN(c2ccc([N+](=O)[O-])c3cnccc23)CC1. The molecule has 0 spiro atoms. The number of hydrogen-bond acceptors (Lipinski definition) is 6. The Morgan fingerprint density at radius 1 is 1.03 bits per heavy atom. The third-order valence-electron chi connectivity index (χ3n) is 6.07. The Morgan fingerprint density at radius 3 is 2.49 bits per heavy atom. The lowest BCUT2D eigenvalue weighted by Crippen LogP contribution is -2.49. The Labute approximate surface area is 204 Å². The Hall–Kier alpha value is -4.11. The average molecular weight is 489 g/mol. The van der Waals surface area contributed by atoms with Crippen LogP contribution in [-0.4, -0.2) is 46.9 Å². The van der Waals surface area contributed by atoms with Crippen LogP contribution in [-0.2, 0) is 4.79 Å². The van der Waals surface area contributed by atoms with E-state index >= 15 is 0 Å². The van der Waals surface area contributed by atoms with Crippen molar-refractivity contribution in [2.24, 2.45) is 0 Å². The summed E-state index contributed by atoms with van der Waals surface area (Å²) in [6.07, 6.45) is 4.95. The van der Waals surface area contributed by atoms with Crippen molar-refractivity contribution in [2.75, 3.05) is 31.1 Å². The highest BCUT2D eigenvalue weighted by atomic mass is 32.1. The second-order valence-corrected chi connectivity index (χ2v) is 9.10. The molecule has 0 unspecified atom stereocenters. The maximum absolute atomic E-state index is 13.5. The molecule has 0 bridgehead atoms. The van der Waals surface area contributed by atoms with Crippen LogP contribution in [0.5, 0.6) is 0 Å². The molecule has 9 heteroatoms. The summed E-state index contributed by atoms with van der Waals surface area (Å²) in [6.45, 7) is 2.20. The molecule has 1 amide bonds. The highest BCUT2D eigenvalue weighted by Crippen LogP contribution is 2.34. The molecule has 0 N–H and O–H groups in total. The van der Waals surface area contributed by atoms with Crippen LogP contribution in [0.1, 0.15) is 10.4 Å². The molecule has 0 radical (unpaired) electrons. The molecular formula is C26H21FN4O3S. The maximum atomic E-state index is 13.5. The molecule has 35 heavy (non-hydrogen) atoms. The molecule has 0 saturated carbocycles. The van der Waals surface area contributed by atoms with Gasteiger partial charge in [-0.2, -0.15) is 0 Å². The van der Waals surface area contributed by atoms with Gasteiger partial charge in [0, 0.05) is 60.6 Å². The van der Waals surface area contributed by atoms with Gasteiger partial charge in [0.2, 0.25) is 0 Å². The van der Waals surface area contributed by atoms with Crippen LogP contribution in [0.4, 0.5) is 15.8 Å². The van der Waals surface area contributed by atoms with Crippen molar-refractivity contribution in [3.8, 4) is 0 Å². The van der Waals surface area contributed by atoms with Crippen molar-refractivity contribution < 1.29 is 14.1 Å². The minimum absolute atomic E-state index is 0.0252. The van der Waals surface area contributed by atoms with Gasteiger partial charge < -0.3 is 9.80 Å². The van der Waals surface area contributed by atoms with Crippen LogP contribution < -0.4 is 4.90 Å². The first-order valence-electron chi connectivity index (χ1n) is 11.1. The molecule has 1 aliphatic heterocycles. The lowest BCUT2D eigenvalue weighted by molar-refractivity contribution is -0.383. The average Bonchev–Trinajstić information content (AvgIpc) is 3.42. The number of thiophene rings is 1. The zero-order chi connectivity index (χ0) is 24.4. The quantitative estimate of drug-likeness (QED) is 0.218. The fraction of sp³-hybridized carbons (Fsp3) is 0.154. The van der Waals surface area contributed by atoms with E-state index in [9.17, 15) is 19.3 Å². The van der Waals surface area contributed by atoms with Gasteiger partial charge in [-0.3, -0.25) is 19.9 Å². The summed E-state index contributed by atoms with van der Waals surface area (Å²) in [5, 5.41) is 14.6. The Kier molecular flexibility index (Phi) is 6.24. The molecule has 1 fully saturated rings. The number of benzene rings is 2. The third kappa shape index (κ3) is 4.63. The second kappa shape index (κ2) is 9.63. The molecular weight excluding hydrogens is 467 g/mol. The first-order valence-corrected chi connectivity index (χ1v) is 12.0. The van der Waals surface area contributed by atoms with Gasteiger partial charge in [-0.05, 0) is 47.4 Å². The number of non-ortho nitro benzene ring substituents is 1. The summed E-state index contributed by atoms with van der Waals surface area (Å²) in [5.41, 5.74) is 2.25. The minimum Gasteiger partial charge on any atom is -0.367 e. The van der Waals surface area contributed by atoms with Crippen molar-refractivity contribution in [2.45, 2.75) is 0 Å². The summed E-state index contributed by atoms with van der Waals surface area (Å²) in [6, 6.07) is 14.9. The number of amides is 1. The number of halogens is 1. The second-order valence-electron chi connectivity index (χ2n) is 8.15. The van der Waals surface area contributed by atoms with Crippen LogP contribution in [0.2, 0.25) is 0 Å². The number of nitrogens with zero attached hydrogens (tertiary/aromatic N) is 4. The number of nitro benzene ring substituents is 1. The Morgan fingerprint density at radius 2 is 1.80 bits per heavy atom. The number of carbonyl (C=O) groups excluding carboxylic acids is 1. The van der Waals surface area contributed by atoms with E-state index in [4.69, 9.17) is 0 Å². The Balaban J connectivity index is 1.38. The van der Waals surface area contributed by atoms with Crippen LogP contribution in [0.25, 0.3) is 22.4 Å². The van der Waals surface area contributed by atoms with E-state index in [1.165, 1.54) is 35.7 Å². The highest BCUT2D eigenvalue weighted by Gasteiger charge is 2.26. The molecule has 4 aromatic rings. The van der Waals surface area contributed by atoms with Gasteiger partial charge in [-0.25, -0.2) is 4.39 Å². The molecule has 3 heterocycles. The van der Waals surface area contributed by atoms with Gasteiger partial charge in [0.25, 0.3) is 11.6 Å². The number of aromatic nitrogens is 1. The highest BCUT2D eigenvalue weighted by molar-refractivity contribution is 7.11. The van der Waals surface area contributed by atoms with Crippen LogP contribution >= 0.6 is 11.3 Å². The lowest BCUT2D eigenvalue weighted by Gasteiger charge is -2.37. The summed E-state index contributed by atoms with van der Waals surface area (Å²) < 4.78 is 13.3. The number of nitro groups is 1. The van der Waals surface area contributed by atoms with Gasteiger partial charge in [0.15, 0.2) is 0 Å². The number of rotatable bonds is 5. The number of carbonyl (C=O) groups is 1. The number of anilines is 1. The number of hydrogen-bond donors (Lipinski definition) is 0. The summed E-state index contributed by atoms with van der Waals surface area (Å²) >= 11 is 1.49. The van der Waals surface area contributed by atoms with E-state index in [0.717, 1.165) is 21.5 Å². The first-order chi connectivity index (χ1) is 17.0. The molecule has 2 aromatic heterocycles. The summed E-state index contributed by atoms with van der Waals surface area (Å²) in [5.74, 6) is -0.397. The van der Waals surface area contributed by atoms with Crippen molar-refractivity contribution in [3.63, 3.8) is 0 Å². The molecule has 0 aliphatic carbocycles. The monoisotopic (exact) mass is 488 g/mol. The zero-order valence-corrected chi connectivity index (χ0v) is 19.5. The lowest BCUT2D eigenvalue weighted by atomic mass is 10.1. The van der Waals surface area contributed by atoms with E-state index in [1.54, 1.807) is 36.5 Å². The molecule has 176 valence electrons. The molecule has 1 aliphatic rings. The van der Waals surface area contributed by atoms with E-state index in [2.05, 4.69) is 9.88 Å². The Bertz CT molecular complexity index is 1410. The largest absolute Gasteiger partial charge is 0.367 e. The maximum Gasteiger partial charge on any atom is 0.278 e. The summed E-state index contributed by atoms with van der Waals surface area (Å²) in [4.78, 5) is 33.4. The van der Waals surface area contributed by atoms with Crippen LogP contribution in [0.3, 0.4) is 0 Å². The topological polar surface area (TPSA) is 79.6 Å². The standard InChI is InChI=1S/C26H21FN4O3S/c27-19-5-3-18(4-6-19)16-21(25-2-1-15-35-25)26(32)30-13-11-29(12-14-30)23-7-8-24(31(33)34)22-17-28-10-9-20(22)23/h1-10,15-17H,11-14H2/b21-16+. The number of pyridine rings is 1. The zero-order valence-electron chi connectivity index (χ0n) is 18.6. The van der Waals surface area contributed by atoms with E-state index in [0.29, 0.717) is 37.1 Å². The van der Waals surface area contributed by atoms with Gasteiger partial charge in [0.1, 0.15) is 5.82 Å². The molecule has 2 aromatic carbocycles. The molecule has 1 saturated heterocycles. The van der Waals surface area contributed by atoms with E-state index < -0.39 is 4.92 Å². The number of piperazine rings is 1. The minimum atomic E-state index is -0.399. The smallest absolute Gasteiger partial charge is 0.278 e. The predicted molar refractivity (Wildman–Crippen MR) is 136 cm³/mol. The van der Waals surface area contributed by atoms with Crippen molar-refractivity contribution in [1.29, 1.82) is 0 Å². The normalized spacial score (nSPS) is 14.4. The summed E-state index contributed by atoms with van der Waals surface area (Å²) in [7, 11) is 0. The molecule has 0 atom stereocenters. The third-order valence-corrected chi connectivity index (χ3v) is 6.98. The predicted octanol–water partition coefficient (Wildman–Crippen LogP) is 5.23. The fourth-order valence-corrected chi connectivity index (χ4v) is 5.04. The van der Waals surface area contributed by atoms with Gasteiger partial charge >= 0.3 is 0 Å². The van der Waals surface area contributed by atoms with E-state index in [1.807, 2.05) is 22.4 Å². The van der Waals surface area contributed by atoms with Crippen LogP contribution in [0, 0.1) is 15.9 Å². The fourth-order valence-electron chi connectivity index (χ4n) is 4.31. The van der Waals surface area contributed by atoms with Crippen molar-refractivity contribution in [3.05, 3.63) is 98.7 Å². The van der Waals surface area contributed by atoms with Crippen molar-refractivity contribution in [1.82, 2.24) is 9.88 Å². The number of fused-ring (bicyclic) bond motifs is 1. The van der Waals surface area contributed by atoms with Crippen molar-refractivity contribution >= 4 is 51.0 Å². The molecule has 5 rings (SSSR count). The van der Waals surface area contributed by atoms with Gasteiger partial charge in [0.05, 0.1) is 15.9 Å². The van der Waals surface area contributed by atoms with Gasteiger partial charge in [-0.1, -0.05) is 18.2 Å². The van der Waals surface area contributed by atoms with Gasteiger partial charge in [-0.15, -0.1) is 11.3 Å².